The quantitative estimate of drug-likeness (QED) is 0.726. The zero-order valence-corrected chi connectivity index (χ0v) is 12.0. The molecule has 1 aliphatic heterocycles. The molecule has 2 unspecified atom stereocenters. The third-order valence-electron chi connectivity index (χ3n) is 3.68. The predicted octanol–water partition coefficient (Wildman–Crippen LogP) is 1.55. The predicted molar refractivity (Wildman–Crippen MR) is 73.5 cm³/mol. The van der Waals surface area contributed by atoms with Crippen LogP contribution in [0.3, 0.4) is 0 Å². The van der Waals surface area contributed by atoms with Crippen molar-refractivity contribution in [3.63, 3.8) is 0 Å². The van der Waals surface area contributed by atoms with Crippen molar-refractivity contribution < 1.29 is 9.53 Å². The van der Waals surface area contributed by atoms with Crippen molar-refractivity contribution in [3.05, 3.63) is 0 Å². The fraction of sp³-hybridized carbons (Fsp3) is 0.929. The van der Waals surface area contributed by atoms with E-state index in [0.717, 1.165) is 19.5 Å². The van der Waals surface area contributed by atoms with Crippen molar-refractivity contribution in [2.24, 2.45) is 11.8 Å². The normalized spacial score (nSPS) is 21.9. The molecule has 18 heavy (non-hydrogen) atoms. The Morgan fingerprint density at radius 1 is 1.50 bits per heavy atom. The Hall–Kier alpha value is -0.610. The number of amides is 1. The van der Waals surface area contributed by atoms with Gasteiger partial charge in [0, 0.05) is 13.5 Å². The van der Waals surface area contributed by atoms with E-state index < -0.39 is 0 Å². The summed E-state index contributed by atoms with van der Waals surface area (Å²) < 4.78 is 5.14. The average molecular weight is 256 g/mol. The third-order valence-corrected chi connectivity index (χ3v) is 3.68. The summed E-state index contributed by atoms with van der Waals surface area (Å²) in [7, 11) is 1.68. The highest BCUT2D eigenvalue weighted by Crippen LogP contribution is 2.15. The molecule has 2 N–H and O–H groups in total. The number of rotatable bonds is 7. The summed E-state index contributed by atoms with van der Waals surface area (Å²) in [6.07, 6.45) is 4.13. The smallest absolute Gasteiger partial charge is 0.220 e. The number of hydrogen-bond acceptors (Lipinski definition) is 3. The van der Waals surface area contributed by atoms with Gasteiger partial charge in [0.15, 0.2) is 0 Å². The van der Waals surface area contributed by atoms with Gasteiger partial charge in [-0.1, -0.05) is 13.8 Å². The Morgan fingerprint density at radius 2 is 2.28 bits per heavy atom. The van der Waals surface area contributed by atoms with E-state index in [9.17, 15) is 4.79 Å². The maximum atomic E-state index is 11.9. The van der Waals surface area contributed by atoms with Gasteiger partial charge in [0.05, 0.1) is 12.6 Å². The van der Waals surface area contributed by atoms with Gasteiger partial charge in [0.2, 0.25) is 5.91 Å². The van der Waals surface area contributed by atoms with Gasteiger partial charge in [-0.25, -0.2) is 0 Å². The highest BCUT2D eigenvalue weighted by atomic mass is 16.5. The van der Waals surface area contributed by atoms with Crippen molar-refractivity contribution in [2.75, 3.05) is 26.8 Å². The van der Waals surface area contributed by atoms with Gasteiger partial charge >= 0.3 is 0 Å². The molecule has 0 spiro atoms. The molecule has 1 heterocycles. The molecular formula is C14H28N2O2. The SMILES string of the molecule is COCC(NC(=O)CCC1CCCNC1)C(C)C. The van der Waals surface area contributed by atoms with Crippen molar-refractivity contribution in [3.8, 4) is 0 Å². The standard InChI is InChI=1S/C14H28N2O2/c1-11(2)13(10-18-3)16-14(17)7-6-12-5-4-8-15-9-12/h11-13,15H,4-10H2,1-3H3,(H,16,17). The third kappa shape index (κ3) is 5.83. The molecule has 0 bridgehead atoms. The first-order chi connectivity index (χ1) is 8.63. The Bertz CT molecular complexity index is 238. The van der Waals surface area contributed by atoms with E-state index in [1.165, 1.54) is 12.8 Å². The summed E-state index contributed by atoms with van der Waals surface area (Å²) in [5.74, 6) is 1.24. The molecule has 2 atom stereocenters. The maximum absolute atomic E-state index is 11.9. The molecule has 0 aromatic rings. The molecule has 4 heteroatoms. The van der Waals surface area contributed by atoms with Gasteiger partial charge in [-0.15, -0.1) is 0 Å². The number of nitrogens with one attached hydrogen (secondary N) is 2. The average Bonchev–Trinajstić information content (AvgIpc) is 2.37. The molecule has 106 valence electrons. The van der Waals surface area contributed by atoms with E-state index in [4.69, 9.17) is 4.74 Å². The van der Waals surface area contributed by atoms with Crippen LogP contribution in [0.5, 0.6) is 0 Å². The van der Waals surface area contributed by atoms with Crippen LogP contribution < -0.4 is 10.6 Å². The maximum Gasteiger partial charge on any atom is 0.220 e. The molecule has 1 amide bonds. The lowest BCUT2D eigenvalue weighted by molar-refractivity contribution is -0.122. The lowest BCUT2D eigenvalue weighted by Crippen LogP contribution is -2.42. The monoisotopic (exact) mass is 256 g/mol. The number of carbonyl (C=O) groups excluding carboxylic acids is 1. The number of hydrogen-bond donors (Lipinski definition) is 2. The van der Waals surface area contributed by atoms with Crippen LogP contribution in [0.1, 0.15) is 39.5 Å². The first kappa shape index (κ1) is 15.4. The summed E-state index contributed by atoms with van der Waals surface area (Å²) in [6, 6.07) is 0.131. The molecule has 1 aliphatic rings. The van der Waals surface area contributed by atoms with Crippen LogP contribution in [0, 0.1) is 11.8 Å². The van der Waals surface area contributed by atoms with Gasteiger partial charge in [-0.2, -0.15) is 0 Å². The minimum absolute atomic E-state index is 0.131. The van der Waals surface area contributed by atoms with E-state index in [1.807, 2.05) is 0 Å². The second kappa shape index (κ2) is 8.48. The van der Waals surface area contributed by atoms with E-state index in [0.29, 0.717) is 24.9 Å². The number of carbonyl (C=O) groups is 1. The summed E-state index contributed by atoms with van der Waals surface area (Å²) in [4.78, 5) is 11.9. The van der Waals surface area contributed by atoms with Gasteiger partial charge < -0.3 is 15.4 Å². The number of ether oxygens (including phenoxy) is 1. The molecule has 0 radical (unpaired) electrons. The highest BCUT2D eigenvalue weighted by Gasteiger charge is 2.18. The molecule has 0 aliphatic carbocycles. The molecule has 1 saturated heterocycles. The van der Waals surface area contributed by atoms with Gasteiger partial charge in [-0.05, 0) is 44.2 Å². The van der Waals surface area contributed by atoms with Crippen LogP contribution in [0.15, 0.2) is 0 Å². The minimum Gasteiger partial charge on any atom is -0.383 e. The first-order valence-electron chi connectivity index (χ1n) is 7.12. The summed E-state index contributed by atoms with van der Waals surface area (Å²) >= 11 is 0. The van der Waals surface area contributed by atoms with Gasteiger partial charge in [-0.3, -0.25) is 4.79 Å². The van der Waals surface area contributed by atoms with Crippen LogP contribution in [0.4, 0.5) is 0 Å². The van der Waals surface area contributed by atoms with E-state index in [1.54, 1.807) is 7.11 Å². The topological polar surface area (TPSA) is 50.4 Å². The van der Waals surface area contributed by atoms with Crippen LogP contribution in [0.25, 0.3) is 0 Å². The molecule has 0 aromatic carbocycles. The zero-order valence-electron chi connectivity index (χ0n) is 12.0. The summed E-state index contributed by atoms with van der Waals surface area (Å²) in [5.41, 5.74) is 0. The first-order valence-corrected chi connectivity index (χ1v) is 7.12. The molecule has 0 aromatic heterocycles. The van der Waals surface area contributed by atoms with Crippen LogP contribution in [0.2, 0.25) is 0 Å². The Balaban J connectivity index is 2.22. The zero-order chi connectivity index (χ0) is 13.4. The lowest BCUT2D eigenvalue weighted by Gasteiger charge is -2.24. The fourth-order valence-corrected chi connectivity index (χ4v) is 2.36. The van der Waals surface area contributed by atoms with Crippen LogP contribution in [-0.2, 0) is 9.53 Å². The number of methoxy groups -OCH3 is 1. The summed E-state index contributed by atoms with van der Waals surface area (Å²) in [6.45, 7) is 7.00. The molecule has 0 saturated carbocycles. The van der Waals surface area contributed by atoms with Crippen LogP contribution >= 0.6 is 0 Å². The van der Waals surface area contributed by atoms with Crippen LogP contribution in [-0.4, -0.2) is 38.8 Å². The molecule has 1 fully saturated rings. The van der Waals surface area contributed by atoms with E-state index in [-0.39, 0.29) is 11.9 Å². The van der Waals surface area contributed by atoms with Gasteiger partial charge in [0.1, 0.15) is 0 Å². The largest absolute Gasteiger partial charge is 0.383 e. The summed E-state index contributed by atoms with van der Waals surface area (Å²) in [5, 5.41) is 6.46. The lowest BCUT2D eigenvalue weighted by atomic mass is 9.94. The fourth-order valence-electron chi connectivity index (χ4n) is 2.36. The second-order valence-electron chi connectivity index (χ2n) is 5.62. The van der Waals surface area contributed by atoms with E-state index >= 15 is 0 Å². The van der Waals surface area contributed by atoms with Crippen molar-refractivity contribution >= 4 is 5.91 Å². The molecule has 1 rings (SSSR count). The number of piperidine rings is 1. The Labute approximate surface area is 111 Å². The Morgan fingerprint density at radius 3 is 2.83 bits per heavy atom. The van der Waals surface area contributed by atoms with Crippen molar-refractivity contribution in [1.82, 2.24) is 10.6 Å². The molecular weight excluding hydrogens is 228 g/mol. The second-order valence-corrected chi connectivity index (χ2v) is 5.62. The Kier molecular flexibility index (Phi) is 7.28. The van der Waals surface area contributed by atoms with Crippen molar-refractivity contribution in [2.45, 2.75) is 45.6 Å². The minimum atomic E-state index is 0.131. The highest BCUT2D eigenvalue weighted by molar-refractivity contribution is 5.76. The van der Waals surface area contributed by atoms with E-state index in [2.05, 4.69) is 24.5 Å². The van der Waals surface area contributed by atoms with Gasteiger partial charge in [0.25, 0.3) is 0 Å². The molecule has 4 nitrogen and oxygen atoms in total. The van der Waals surface area contributed by atoms with Crippen molar-refractivity contribution in [1.29, 1.82) is 0 Å².